The van der Waals surface area contributed by atoms with Crippen LogP contribution < -0.4 is 5.32 Å². The number of aromatic nitrogens is 2. The topological polar surface area (TPSA) is 54.9 Å². The van der Waals surface area contributed by atoms with Gasteiger partial charge in [-0.05, 0) is 68.7 Å². The Labute approximate surface area is 174 Å². The number of nitrogens with zero attached hydrogens (tertiary/aromatic N) is 2. The minimum Gasteiger partial charge on any atom is -0.325 e. The first-order chi connectivity index (χ1) is 13.4. The van der Waals surface area contributed by atoms with Gasteiger partial charge in [0, 0.05) is 16.0 Å². The van der Waals surface area contributed by atoms with Crippen LogP contribution in [0.25, 0.3) is 10.2 Å². The van der Waals surface area contributed by atoms with Gasteiger partial charge in [-0.1, -0.05) is 30.8 Å². The van der Waals surface area contributed by atoms with E-state index in [2.05, 4.69) is 28.3 Å². The third-order valence-electron chi connectivity index (χ3n) is 5.37. The molecule has 0 spiro atoms. The van der Waals surface area contributed by atoms with Gasteiger partial charge in [0.05, 0.1) is 5.25 Å². The van der Waals surface area contributed by atoms with E-state index in [0.717, 1.165) is 45.4 Å². The van der Waals surface area contributed by atoms with Crippen LogP contribution in [-0.2, 0) is 17.6 Å². The molecule has 146 valence electrons. The highest BCUT2D eigenvalue weighted by Crippen LogP contribution is 2.41. The average Bonchev–Trinajstić information content (AvgIpc) is 3.03. The van der Waals surface area contributed by atoms with Gasteiger partial charge in [-0.3, -0.25) is 4.79 Å². The maximum Gasteiger partial charge on any atom is 0.237 e. The smallest absolute Gasteiger partial charge is 0.237 e. The Hall–Kier alpha value is -1.92. The number of benzene rings is 1. The minimum absolute atomic E-state index is 0.00295. The lowest BCUT2D eigenvalue weighted by Gasteiger charge is -2.18. The lowest BCUT2D eigenvalue weighted by Crippen LogP contribution is -2.23. The molecule has 0 saturated heterocycles. The van der Waals surface area contributed by atoms with Crippen LogP contribution in [0.3, 0.4) is 0 Å². The summed E-state index contributed by atoms with van der Waals surface area (Å²) >= 11 is 3.33. The van der Waals surface area contributed by atoms with Gasteiger partial charge in [-0.2, -0.15) is 0 Å². The lowest BCUT2D eigenvalue weighted by atomic mass is 9.89. The van der Waals surface area contributed by atoms with Crippen LogP contribution >= 0.6 is 23.1 Å². The van der Waals surface area contributed by atoms with E-state index in [1.54, 1.807) is 17.7 Å². The van der Waals surface area contributed by atoms with Crippen molar-refractivity contribution in [1.82, 2.24) is 9.97 Å². The summed E-state index contributed by atoms with van der Waals surface area (Å²) in [6.45, 7) is 8.30. The van der Waals surface area contributed by atoms with Gasteiger partial charge >= 0.3 is 0 Å². The fraction of sp³-hybridized carbons (Fsp3) is 0.409. The Morgan fingerprint density at radius 1 is 1.32 bits per heavy atom. The second kappa shape index (κ2) is 7.84. The molecule has 3 aromatic rings. The molecular weight excluding hydrogens is 386 g/mol. The molecule has 2 aromatic heterocycles. The molecule has 1 amide bonds. The molecule has 4 rings (SSSR count). The zero-order valence-corrected chi connectivity index (χ0v) is 18.3. The maximum atomic E-state index is 12.8. The number of fused-ring (bicyclic) bond motifs is 3. The monoisotopic (exact) mass is 411 g/mol. The van der Waals surface area contributed by atoms with Crippen LogP contribution in [0.4, 0.5) is 5.69 Å². The highest BCUT2D eigenvalue weighted by atomic mass is 32.2. The molecule has 0 saturated carbocycles. The van der Waals surface area contributed by atoms with Crippen LogP contribution in [0.15, 0.2) is 29.6 Å². The summed E-state index contributed by atoms with van der Waals surface area (Å²) in [5.74, 6) is 0.732. The molecule has 1 aliphatic rings. The second-order valence-corrected chi connectivity index (χ2v) is 10.2. The summed E-state index contributed by atoms with van der Waals surface area (Å²) in [5.41, 5.74) is 4.50. The predicted octanol–water partition coefficient (Wildman–Crippen LogP) is 5.55. The summed E-state index contributed by atoms with van der Waals surface area (Å²) in [6, 6.07) is 6.11. The van der Waals surface area contributed by atoms with E-state index in [9.17, 15) is 4.79 Å². The quantitative estimate of drug-likeness (QED) is 0.451. The van der Waals surface area contributed by atoms with Crippen molar-refractivity contribution in [3.05, 3.63) is 46.1 Å². The molecule has 28 heavy (non-hydrogen) atoms. The number of carbonyl (C=O) groups excluding carboxylic acids is 1. The van der Waals surface area contributed by atoms with Gasteiger partial charge in [-0.15, -0.1) is 11.3 Å². The van der Waals surface area contributed by atoms with Crippen molar-refractivity contribution in [2.45, 2.75) is 57.2 Å². The number of thioether (sulfide) groups is 1. The number of hydrogen-bond donors (Lipinski definition) is 1. The molecule has 0 bridgehead atoms. The van der Waals surface area contributed by atoms with E-state index in [1.165, 1.54) is 34.0 Å². The van der Waals surface area contributed by atoms with E-state index < -0.39 is 0 Å². The fourth-order valence-electron chi connectivity index (χ4n) is 3.66. The first-order valence-corrected chi connectivity index (χ1v) is 11.4. The van der Waals surface area contributed by atoms with Crippen molar-refractivity contribution in [1.29, 1.82) is 0 Å². The molecular formula is C22H25N3OS2. The summed E-state index contributed by atoms with van der Waals surface area (Å²) < 4.78 is 0. The van der Waals surface area contributed by atoms with Gasteiger partial charge in [-0.25, -0.2) is 9.97 Å². The lowest BCUT2D eigenvalue weighted by molar-refractivity contribution is -0.115. The third kappa shape index (κ3) is 3.80. The molecule has 0 aliphatic heterocycles. The summed E-state index contributed by atoms with van der Waals surface area (Å²) in [7, 11) is 0. The van der Waals surface area contributed by atoms with Crippen molar-refractivity contribution in [2.75, 3.05) is 5.32 Å². The van der Waals surface area contributed by atoms with Gasteiger partial charge in [0.1, 0.15) is 16.2 Å². The third-order valence-corrected chi connectivity index (χ3v) is 7.63. The average molecular weight is 412 g/mol. The number of thiophene rings is 1. The van der Waals surface area contributed by atoms with Gasteiger partial charge < -0.3 is 5.32 Å². The van der Waals surface area contributed by atoms with Crippen molar-refractivity contribution in [2.24, 2.45) is 5.92 Å². The predicted molar refractivity (Wildman–Crippen MR) is 118 cm³/mol. The van der Waals surface area contributed by atoms with Crippen LogP contribution in [0.5, 0.6) is 0 Å². The van der Waals surface area contributed by atoms with Gasteiger partial charge in [0.15, 0.2) is 0 Å². The van der Waals surface area contributed by atoms with Crippen molar-refractivity contribution < 1.29 is 4.79 Å². The van der Waals surface area contributed by atoms with Crippen LogP contribution in [0.1, 0.15) is 41.8 Å². The number of aryl methyl sites for hydroxylation is 3. The molecule has 0 fully saturated rings. The van der Waals surface area contributed by atoms with Crippen LogP contribution in [-0.4, -0.2) is 21.1 Å². The molecule has 2 heterocycles. The number of hydrogen-bond acceptors (Lipinski definition) is 5. The molecule has 1 aromatic carbocycles. The van der Waals surface area contributed by atoms with E-state index in [-0.39, 0.29) is 11.2 Å². The number of anilines is 1. The number of rotatable bonds is 4. The molecule has 1 aliphatic carbocycles. The Kier molecular flexibility index (Phi) is 5.43. The highest BCUT2D eigenvalue weighted by molar-refractivity contribution is 8.00. The minimum atomic E-state index is -0.240. The standard InChI is InChI=1S/C22H25N3OS2/c1-12-5-7-14(3)17(9-12)25-20(26)15(4)27-21-19-16-8-6-13(2)10-18(16)28-22(19)24-11-23-21/h5,7,9,11,13,15H,6,8,10H2,1-4H3,(H,25,26)/t13-,15+/m1/s1. The Bertz CT molecular complexity index is 1040. The van der Waals surface area contributed by atoms with Crippen LogP contribution in [0.2, 0.25) is 0 Å². The van der Waals surface area contributed by atoms with Gasteiger partial charge in [0.2, 0.25) is 5.91 Å². The fourth-order valence-corrected chi connectivity index (χ4v) is 6.02. The zero-order chi connectivity index (χ0) is 19.8. The normalized spacial score (nSPS) is 17.4. The van der Waals surface area contributed by atoms with E-state index in [0.29, 0.717) is 0 Å². The zero-order valence-electron chi connectivity index (χ0n) is 16.7. The maximum absolute atomic E-state index is 12.8. The van der Waals surface area contributed by atoms with Crippen molar-refractivity contribution >= 4 is 44.9 Å². The number of amides is 1. The SMILES string of the molecule is Cc1ccc(C)c(NC(=O)[C@H](C)Sc2ncnc3sc4c(c23)CC[C@@H](C)C4)c1. The first-order valence-electron chi connectivity index (χ1n) is 9.72. The van der Waals surface area contributed by atoms with Crippen LogP contribution in [0, 0.1) is 19.8 Å². The van der Waals surface area contributed by atoms with E-state index in [4.69, 9.17) is 0 Å². The highest BCUT2D eigenvalue weighted by Gasteiger charge is 2.25. The Morgan fingerprint density at radius 3 is 2.96 bits per heavy atom. The van der Waals surface area contributed by atoms with E-state index >= 15 is 0 Å². The largest absolute Gasteiger partial charge is 0.325 e. The summed E-state index contributed by atoms with van der Waals surface area (Å²) in [5, 5.41) is 4.94. The molecule has 0 unspecified atom stereocenters. The summed E-state index contributed by atoms with van der Waals surface area (Å²) in [6.07, 6.45) is 5.05. The van der Waals surface area contributed by atoms with Gasteiger partial charge in [0.25, 0.3) is 0 Å². The molecule has 1 N–H and O–H groups in total. The van der Waals surface area contributed by atoms with Crippen molar-refractivity contribution in [3.8, 4) is 0 Å². The number of carbonyl (C=O) groups is 1. The van der Waals surface area contributed by atoms with E-state index in [1.807, 2.05) is 32.9 Å². The first kappa shape index (κ1) is 19.4. The van der Waals surface area contributed by atoms with Crippen molar-refractivity contribution in [3.63, 3.8) is 0 Å². The molecule has 6 heteroatoms. The Balaban J connectivity index is 1.57. The summed E-state index contributed by atoms with van der Waals surface area (Å²) in [4.78, 5) is 24.4. The molecule has 2 atom stereocenters. The second-order valence-electron chi connectivity index (χ2n) is 7.78. The molecule has 4 nitrogen and oxygen atoms in total. The Morgan fingerprint density at radius 2 is 2.14 bits per heavy atom. The molecule has 0 radical (unpaired) electrons. The number of nitrogens with one attached hydrogen (secondary N) is 1.